The van der Waals surface area contributed by atoms with Crippen LogP contribution >= 0.6 is 23.4 Å². The minimum atomic E-state index is -0.320. The first-order valence-corrected chi connectivity index (χ1v) is 6.91. The number of thioether (sulfide) groups is 1. The molecule has 0 bridgehead atoms. The number of aromatic nitrogens is 3. The molecule has 1 aliphatic rings. The summed E-state index contributed by atoms with van der Waals surface area (Å²) in [4.78, 5) is 25.5. The molecule has 1 aromatic heterocycles. The van der Waals surface area contributed by atoms with Crippen molar-refractivity contribution < 1.29 is 9.53 Å². The first-order chi connectivity index (χ1) is 8.69. The third-order valence-electron chi connectivity index (χ3n) is 2.51. The van der Waals surface area contributed by atoms with E-state index in [0.717, 1.165) is 25.9 Å². The Balaban J connectivity index is 2.08. The van der Waals surface area contributed by atoms with E-state index in [0.29, 0.717) is 11.1 Å². The lowest BCUT2D eigenvalue weighted by atomic mass is 10.4. The highest BCUT2D eigenvalue weighted by atomic mass is 35.5. The van der Waals surface area contributed by atoms with Gasteiger partial charge < -0.3 is 9.64 Å². The van der Waals surface area contributed by atoms with Crippen LogP contribution < -0.4 is 4.90 Å². The maximum atomic E-state index is 11.1. The lowest BCUT2D eigenvalue weighted by molar-refractivity contribution is -0.137. The molecule has 0 unspecified atom stereocenters. The maximum Gasteiger partial charge on any atom is 0.316 e. The summed E-state index contributed by atoms with van der Waals surface area (Å²) in [7, 11) is 1.35. The van der Waals surface area contributed by atoms with Gasteiger partial charge in [-0.3, -0.25) is 4.79 Å². The maximum absolute atomic E-state index is 11.1. The van der Waals surface area contributed by atoms with Crippen molar-refractivity contribution in [1.29, 1.82) is 0 Å². The van der Waals surface area contributed by atoms with E-state index in [1.807, 2.05) is 0 Å². The number of anilines is 1. The summed E-state index contributed by atoms with van der Waals surface area (Å²) in [6.45, 7) is 1.86. The fraction of sp³-hybridized carbons (Fsp3) is 0.600. The van der Waals surface area contributed by atoms with Gasteiger partial charge in [0.15, 0.2) is 5.16 Å². The number of nitrogens with zero attached hydrogens (tertiary/aromatic N) is 4. The van der Waals surface area contributed by atoms with Crippen LogP contribution in [0.25, 0.3) is 0 Å². The predicted octanol–water partition coefficient (Wildman–Crippen LogP) is 1.39. The minimum Gasteiger partial charge on any atom is -0.468 e. The Morgan fingerprint density at radius 1 is 1.39 bits per heavy atom. The number of methoxy groups -OCH3 is 1. The summed E-state index contributed by atoms with van der Waals surface area (Å²) in [6, 6.07) is 0. The lowest BCUT2D eigenvalue weighted by Gasteiger charge is -2.15. The van der Waals surface area contributed by atoms with Gasteiger partial charge in [-0.1, -0.05) is 11.8 Å². The largest absolute Gasteiger partial charge is 0.468 e. The average Bonchev–Trinajstić information content (AvgIpc) is 2.89. The number of carbonyl (C=O) groups is 1. The number of ether oxygens (including phenoxy) is 1. The molecule has 1 aromatic rings. The molecule has 18 heavy (non-hydrogen) atoms. The summed E-state index contributed by atoms with van der Waals surface area (Å²) >= 11 is 7.05. The third-order valence-corrected chi connectivity index (χ3v) is 3.50. The van der Waals surface area contributed by atoms with Crippen LogP contribution in [0.1, 0.15) is 12.8 Å². The molecule has 1 aliphatic heterocycles. The highest BCUT2D eigenvalue weighted by molar-refractivity contribution is 7.99. The number of hydrogen-bond acceptors (Lipinski definition) is 7. The smallest absolute Gasteiger partial charge is 0.316 e. The second-order valence-electron chi connectivity index (χ2n) is 3.75. The van der Waals surface area contributed by atoms with E-state index in [1.54, 1.807) is 0 Å². The second kappa shape index (κ2) is 6.19. The molecule has 0 spiro atoms. The summed E-state index contributed by atoms with van der Waals surface area (Å²) in [5, 5.41) is 0.599. The average molecular weight is 289 g/mol. The van der Waals surface area contributed by atoms with Gasteiger partial charge in [-0.2, -0.15) is 15.0 Å². The van der Waals surface area contributed by atoms with Gasteiger partial charge in [0.05, 0.1) is 12.9 Å². The van der Waals surface area contributed by atoms with Crippen molar-refractivity contribution in [2.24, 2.45) is 0 Å². The number of esters is 1. The zero-order chi connectivity index (χ0) is 13.0. The fourth-order valence-corrected chi connectivity index (χ4v) is 2.50. The van der Waals surface area contributed by atoms with Crippen molar-refractivity contribution in [3.8, 4) is 0 Å². The fourth-order valence-electron chi connectivity index (χ4n) is 1.63. The van der Waals surface area contributed by atoms with Crippen LogP contribution in [0.2, 0.25) is 5.28 Å². The summed E-state index contributed by atoms with van der Waals surface area (Å²) in [5.41, 5.74) is 0. The van der Waals surface area contributed by atoms with E-state index >= 15 is 0 Å². The Hall–Kier alpha value is -1.08. The Morgan fingerprint density at radius 3 is 2.78 bits per heavy atom. The Labute approximate surface area is 114 Å². The van der Waals surface area contributed by atoms with Crippen LogP contribution in [0, 0.1) is 0 Å². The highest BCUT2D eigenvalue weighted by Crippen LogP contribution is 2.21. The monoisotopic (exact) mass is 288 g/mol. The molecule has 0 radical (unpaired) electrons. The third kappa shape index (κ3) is 3.46. The zero-order valence-electron chi connectivity index (χ0n) is 9.93. The molecule has 1 fully saturated rings. The zero-order valence-corrected chi connectivity index (χ0v) is 11.5. The molecule has 0 amide bonds. The van der Waals surface area contributed by atoms with Gasteiger partial charge in [0.1, 0.15) is 0 Å². The molecule has 0 saturated carbocycles. The molecule has 0 aliphatic carbocycles. The van der Waals surface area contributed by atoms with Crippen molar-refractivity contribution in [3.63, 3.8) is 0 Å². The van der Waals surface area contributed by atoms with Crippen LogP contribution in [-0.4, -0.2) is 46.9 Å². The normalized spacial score (nSPS) is 14.9. The van der Waals surface area contributed by atoms with Crippen LogP contribution in [0.5, 0.6) is 0 Å². The van der Waals surface area contributed by atoms with Gasteiger partial charge in [0, 0.05) is 13.1 Å². The molecule has 98 valence electrons. The van der Waals surface area contributed by atoms with E-state index in [-0.39, 0.29) is 17.0 Å². The van der Waals surface area contributed by atoms with Gasteiger partial charge in [0.25, 0.3) is 0 Å². The number of carbonyl (C=O) groups excluding carboxylic acids is 1. The van der Waals surface area contributed by atoms with Crippen molar-refractivity contribution in [1.82, 2.24) is 15.0 Å². The van der Waals surface area contributed by atoms with Crippen molar-refractivity contribution in [2.75, 3.05) is 30.9 Å². The molecule has 8 heteroatoms. The Morgan fingerprint density at radius 2 is 2.11 bits per heavy atom. The predicted molar refractivity (Wildman–Crippen MR) is 69.0 cm³/mol. The van der Waals surface area contributed by atoms with Crippen molar-refractivity contribution >= 4 is 35.3 Å². The summed E-state index contributed by atoms with van der Waals surface area (Å²) in [6.07, 6.45) is 2.27. The molecule has 2 heterocycles. The van der Waals surface area contributed by atoms with Crippen molar-refractivity contribution in [3.05, 3.63) is 5.28 Å². The quantitative estimate of drug-likeness (QED) is 0.612. The van der Waals surface area contributed by atoms with Crippen LogP contribution in [0.3, 0.4) is 0 Å². The van der Waals surface area contributed by atoms with E-state index in [9.17, 15) is 4.79 Å². The molecule has 0 aromatic carbocycles. The van der Waals surface area contributed by atoms with E-state index in [1.165, 1.54) is 18.9 Å². The van der Waals surface area contributed by atoms with Crippen molar-refractivity contribution in [2.45, 2.75) is 18.0 Å². The number of rotatable bonds is 4. The lowest BCUT2D eigenvalue weighted by Crippen LogP contribution is -2.21. The van der Waals surface area contributed by atoms with Crippen LogP contribution in [0.15, 0.2) is 5.16 Å². The standard InChI is InChI=1S/C10H13ClN4O2S/c1-17-7(16)6-18-10-13-8(11)12-9(14-10)15-4-2-3-5-15/h2-6H2,1H3. The van der Waals surface area contributed by atoms with E-state index in [2.05, 4.69) is 24.6 Å². The molecular weight excluding hydrogens is 276 g/mol. The van der Waals surface area contributed by atoms with Crippen LogP contribution in [-0.2, 0) is 9.53 Å². The first kappa shape index (κ1) is 13.4. The number of halogens is 1. The van der Waals surface area contributed by atoms with Gasteiger partial charge in [-0.15, -0.1) is 0 Å². The number of hydrogen-bond donors (Lipinski definition) is 0. The van der Waals surface area contributed by atoms with Gasteiger partial charge >= 0.3 is 5.97 Å². The highest BCUT2D eigenvalue weighted by Gasteiger charge is 2.17. The van der Waals surface area contributed by atoms with Gasteiger partial charge in [0.2, 0.25) is 11.2 Å². The molecular formula is C10H13ClN4O2S. The second-order valence-corrected chi connectivity index (χ2v) is 5.03. The molecule has 0 atom stereocenters. The van der Waals surface area contributed by atoms with Gasteiger partial charge in [-0.05, 0) is 24.4 Å². The Bertz CT molecular complexity index is 440. The van der Waals surface area contributed by atoms with Crippen LogP contribution in [0.4, 0.5) is 5.95 Å². The minimum absolute atomic E-state index is 0.152. The summed E-state index contributed by atoms with van der Waals surface area (Å²) in [5.74, 6) is 0.426. The topological polar surface area (TPSA) is 68.2 Å². The molecule has 2 rings (SSSR count). The van der Waals surface area contributed by atoms with Gasteiger partial charge in [-0.25, -0.2) is 0 Å². The summed E-state index contributed by atoms with van der Waals surface area (Å²) < 4.78 is 4.56. The molecule has 6 nitrogen and oxygen atoms in total. The molecule has 0 N–H and O–H groups in total. The first-order valence-electron chi connectivity index (χ1n) is 5.55. The SMILES string of the molecule is COC(=O)CSc1nc(Cl)nc(N2CCCC2)n1. The van der Waals surface area contributed by atoms with E-state index in [4.69, 9.17) is 11.6 Å². The van der Waals surface area contributed by atoms with E-state index < -0.39 is 0 Å². The Kier molecular flexibility index (Phi) is 4.60. The molecule has 1 saturated heterocycles.